The molecular formula is C11H10ClIO3. The minimum Gasteiger partial charge on any atom is -0.466 e. The van der Waals surface area contributed by atoms with Crippen LogP contribution in [0.15, 0.2) is 18.2 Å². The van der Waals surface area contributed by atoms with Crippen LogP contribution >= 0.6 is 34.2 Å². The van der Waals surface area contributed by atoms with E-state index in [4.69, 9.17) is 16.3 Å². The van der Waals surface area contributed by atoms with Crippen LogP contribution in [0.2, 0.25) is 5.02 Å². The van der Waals surface area contributed by atoms with E-state index in [0.717, 1.165) is 3.57 Å². The summed E-state index contributed by atoms with van der Waals surface area (Å²) < 4.78 is 5.44. The molecule has 0 radical (unpaired) electrons. The lowest BCUT2D eigenvalue weighted by molar-refractivity contribution is -0.141. The highest BCUT2D eigenvalue weighted by atomic mass is 127. The van der Waals surface area contributed by atoms with Crippen molar-refractivity contribution in [3.05, 3.63) is 32.4 Å². The molecule has 1 rings (SSSR count). The van der Waals surface area contributed by atoms with E-state index in [1.165, 1.54) is 0 Å². The summed E-state index contributed by atoms with van der Waals surface area (Å²) in [7, 11) is 0. The van der Waals surface area contributed by atoms with E-state index >= 15 is 0 Å². The van der Waals surface area contributed by atoms with Crippen LogP contribution in [0.25, 0.3) is 0 Å². The van der Waals surface area contributed by atoms with Crippen molar-refractivity contribution >= 4 is 45.9 Å². The zero-order valence-corrected chi connectivity index (χ0v) is 11.5. The van der Waals surface area contributed by atoms with E-state index in [9.17, 15) is 9.59 Å². The number of ketones is 1. The van der Waals surface area contributed by atoms with Gasteiger partial charge in [0.25, 0.3) is 0 Å². The predicted molar refractivity (Wildman–Crippen MR) is 69.7 cm³/mol. The fourth-order valence-electron chi connectivity index (χ4n) is 1.20. The van der Waals surface area contributed by atoms with Gasteiger partial charge in [-0.15, -0.1) is 0 Å². The maximum Gasteiger partial charge on any atom is 0.313 e. The molecular weight excluding hydrogens is 342 g/mol. The van der Waals surface area contributed by atoms with E-state index in [-0.39, 0.29) is 18.8 Å². The number of benzene rings is 1. The zero-order chi connectivity index (χ0) is 12.1. The second-order valence-electron chi connectivity index (χ2n) is 3.00. The monoisotopic (exact) mass is 352 g/mol. The SMILES string of the molecule is CCOC(=O)CC(=O)c1c(Cl)cccc1I. The Morgan fingerprint density at radius 2 is 2.12 bits per heavy atom. The van der Waals surface area contributed by atoms with E-state index in [1.807, 2.05) is 22.6 Å². The maximum absolute atomic E-state index is 11.8. The Hall–Kier alpha value is -0.620. The summed E-state index contributed by atoms with van der Waals surface area (Å²) in [5.41, 5.74) is 0.387. The minimum atomic E-state index is -0.525. The van der Waals surface area contributed by atoms with E-state index in [0.29, 0.717) is 10.6 Å². The number of hydrogen-bond acceptors (Lipinski definition) is 3. The molecule has 0 bridgehead atoms. The smallest absolute Gasteiger partial charge is 0.313 e. The molecule has 0 unspecified atom stereocenters. The highest BCUT2D eigenvalue weighted by Gasteiger charge is 2.17. The Kier molecular flexibility index (Phi) is 5.21. The minimum absolute atomic E-state index is 0.270. The van der Waals surface area contributed by atoms with Gasteiger partial charge in [0.15, 0.2) is 5.78 Å². The summed E-state index contributed by atoms with van der Waals surface area (Å²) in [4.78, 5) is 22.9. The lowest BCUT2D eigenvalue weighted by atomic mass is 10.1. The first-order valence-corrected chi connectivity index (χ1v) is 6.14. The molecule has 86 valence electrons. The molecule has 3 nitrogen and oxygen atoms in total. The average molecular weight is 353 g/mol. The maximum atomic E-state index is 11.8. The topological polar surface area (TPSA) is 43.4 Å². The number of hydrogen-bond donors (Lipinski definition) is 0. The number of carbonyl (C=O) groups excluding carboxylic acids is 2. The summed E-state index contributed by atoms with van der Waals surface area (Å²) in [6.07, 6.45) is -0.270. The van der Waals surface area contributed by atoms with Crippen molar-refractivity contribution in [3.63, 3.8) is 0 Å². The first kappa shape index (κ1) is 13.4. The molecule has 0 fully saturated rings. The number of halogens is 2. The van der Waals surface area contributed by atoms with Crippen LogP contribution in [0.5, 0.6) is 0 Å². The summed E-state index contributed by atoms with van der Waals surface area (Å²) in [6.45, 7) is 1.97. The predicted octanol–water partition coefficient (Wildman–Crippen LogP) is 3.08. The van der Waals surface area contributed by atoms with Gasteiger partial charge in [-0.1, -0.05) is 17.7 Å². The van der Waals surface area contributed by atoms with Crippen molar-refractivity contribution in [2.75, 3.05) is 6.61 Å². The van der Waals surface area contributed by atoms with Crippen LogP contribution in [-0.2, 0) is 9.53 Å². The van der Waals surface area contributed by atoms with Crippen LogP contribution in [0, 0.1) is 3.57 Å². The van der Waals surface area contributed by atoms with Crippen molar-refractivity contribution in [2.24, 2.45) is 0 Å². The van der Waals surface area contributed by atoms with Gasteiger partial charge in [0.1, 0.15) is 6.42 Å². The number of rotatable bonds is 4. The third-order valence-corrected chi connectivity index (χ3v) is 3.07. The first-order valence-electron chi connectivity index (χ1n) is 4.69. The summed E-state index contributed by atoms with van der Waals surface area (Å²) >= 11 is 7.92. The molecule has 0 aliphatic heterocycles. The van der Waals surface area contributed by atoms with Crippen LogP contribution in [0.3, 0.4) is 0 Å². The van der Waals surface area contributed by atoms with E-state index in [2.05, 4.69) is 0 Å². The normalized spacial score (nSPS) is 9.94. The van der Waals surface area contributed by atoms with Crippen LogP contribution in [-0.4, -0.2) is 18.4 Å². The summed E-state index contributed by atoms with van der Waals surface area (Å²) in [5, 5.41) is 0.362. The molecule has 0 aliphatic rings. The molecule has 0 saturated heterocycles. The summed E-state index contributed by atoms with van der Waals surface area (Å²) in [5.74, 6) is -0.836. The molecule has 0 heterocycles. The molecule has 0 atom stereocenters. The van der Waals surface area contributed by atoms with Gasteiger partial charge in [-0.3, -0.25) is 9.59 Å². The van der Waals surface area contributed by atoms with Gasteiger partial charge in [-0.2, -0.15) is 0 Å². The van der Waals surface area contributed by atoms with Gasteiger partial charge < -0.3 is 4.74 Å². The van der Waals surface area contributed by atoms with Gasteiger partial charge in [0.2, 0.25) is 0 Å². The number of esters is 1. The highest BCUT2D eigenvalue weighted by molar-refractivity contribution is 14.1. The van der Waals surface area contributed by atoms with Crippen molar-refractivity contribution in [3.8, 4) is 0 Å². The lowest BCUT2D eigenvalue weighted by Gasteiger charge is -2.05. The van der Waals surface area contributed by atoms with Crippen LogP contribution in [0.4, 0.5) is 0 Å². The van der Waals surface area contributed by atoms with E-state index < -0.39 is 5.97 Å². The van der Waals surface area contributed by atoms with Crippen molar-refractivity contribution in [1.82, 2.24) is 0 Å². The Morgan fingerprint density at radius 1 is 1.44 bits per heavy atom. The van der Waals surface area contributed by atoms with Gasteiger partial charge in [0, 0.05) is 3.57 Å². The standard InChI is InChI=1S/C11H10ClIO3/c1-2-16-10(15)6-9(14)11-7(12)4-3-5-8(11)13/h3-5H,2,6H2,1H3. The molecule has 0 N–H and O–H groups in total. The Bertz CT molecular complexity index is 397. The second kappa shape index (κ2) is 6.20. The number of Topliss-reactive ketones (excluding diaryl/α,β-unsaturated/α-hetero) is 1. The van der Waals surface area contributed by atoms with Crippen LogP contribution in [0.1, 0.15) is 23.7 Å². The lowest BCUT2D eigenvalue weighted by Crippen LogP contribution is -2.12. The molecule has 0 spiro atoms. The molecule has 16 heavy (non-hydrogen) atoms. The summed E-state index contributed by atoms with van der Waals surface area (Å²) in [6, 6.07) is 5.15. The van der Waals surface area contributed by atoms with Gasteiger partial charge in [-0.25, -0.2) is 0 Å². The van der Waals surface area contributed by atoms with Crippen molar-refractivity contribution in [2.45, 2.75) is 13.3 Å². The fraction of sp³-hybridized carbons (Fsp3) is 0.273. The third kappa shape index (κ3) is 3.45. The molecule has 0 aromatic heterocycles. The van der Waals surface area contributed by atoms with Crippen molar-refractivity contribution in [1.29, 1.82) is 0 Å². The quantitative estimate of drug-likeness (QED) is 0.362. The molecule has 5 heteroatoms. The number of ether oxygens (including phenoxy) is 1. The molecule has 0 amide bonds. The van der Waals surface area contributed by atoms with Gasteiger partial charge in [-0.05, 0) is 41.6 Å². The first-order chi connectivity index (χ1) is 7.56. The highest BCUT2D eigenvalue weighted by Crippen LogP contribution is 2.23. The Morgan fingerprint density at radius 3 is 2.69 bits per heavy atom. The average Bonchev–Trinajstić information content (AvgIpc) is 2.17. The molecule has 1 aromatic carbocycles. The molecule has 0 saturated carbocycles. The zero-order valence-electron chi connectivity index (χ0n) is 8.63. The Labute approximate surface area is 112 Å². The fourth-order valence-corrected chi connectivity index (χ4v) is 2.43. The van der Waals surface area contributed by atoms with E-state index in [1.54, 1.807) is 25.1 Å². The Balaban J connectivity index is 2.85. The third-order valence-electron chi connectivity index (χ3n) is 1.85. The molecule has 0 aliphatic carbocycles. The second-order valence-corrected chi connectivity index (χ2v) is 4.57. The molecule has 1 aromatic rings. The largest absolute Gasteiger partial charge is 0.466 e. The van der Waals surface area contributed by atoms with Crippen LogP contribution < -0.4 is 0 Å². The number of carbonyl (C=O) groups is 2. The van der Waals surface area contributed by atoms with Gasteiger partial charge in [0.05, 0.1) is 17.2 Å². The van der Waals surface area contributed by atoms with Crippen molar-refractivity contribution < 1.29 is 14.3 Å². The van der Waals surface area contributed by atoms with Gasteiger partial charge >= 0.3 is 5.97 Å².